The predicted molar refractivity (Wildman–Crippen MR) is 253 cm³/mol. The van der Waals surface area contributed by atoms with E-state index >= 15 is 0 Å². The number of hydrogen-bond donors (Lipinski definition) is 1. The van der Waals surface area contributed by atoms with Gasteiger partial charge in [-0.25, -0.2) is 14.4 Å². The maximum atomic E-state index is 12.0. The number of alkyl carbamates (subject to hydrolysis) is 1. The number of nitrogens with zero attached hydrogens (tertiary/aromatic N) is 4. The van der Waals surface area contributed by atoms with Gasteiger partial charge in [-0.15, -0.1) is 6.67 Å². The molecular weight excluding hydrogens is 992 g/mol. The summed E-state index contributed by atoms with van der Waals surface area (Å²) in [5.74, 6) is 1.14. The molecule has 2 aliphatic rings. The van der Waals surface area contributed by atoms with Crippen molar-refractivity contribution in [2.24, 2.45) is 0 Å². The number of nitrogens with one attached hydrogen (secondary N) is 1. The van der Waals surface area contributed by atoms with Crippen LogP contribution >= 0.6 is 0 Å². The van der Waals surface area contributed by atoms with E-state index in [2.05, 4.69) is 164 Å². The molecule has 1 amide bonds. The van der Waals surface area contributed by atoms with Gasteiger partial charge in [0.1, 0.15) is 18.8 Å². The maximum Gasteiger partial charge on any atom is 0.508 e. The first-order valence-electron chi connectivity index (χ1n) is 22.0. The molecule has 2 heterocycles. The molecule has 3 aromatic rings. The third kappa shape index (κ3) is 14.6. The molecule has 355 valence electrons. The summed E-state index contributed by atoms with van der Waals surface area (Å²) in [6, 6.07) is 16.5. The van der Waals surface area contributed by atoms with Crippen molar-refractivity contribution in [2.75, 3.05) is 41.6 Å². The zero-order valence-corrected chi connectivity index (χ0v) is 42.7. The molecule has 0 unspecified atom stereocenters. The molecule has 13 heteroatoms. The third-order valence-electron chi connectivity index (χ3n) is 10.5. The quantitative estimate of drug-likeness (QED) is 0.0721. The van der Waals surface area contributed by atoms with Gasteiger partial charge in [0, 0.05) is 46.0 Å². The Morgan fingerprint density at radius 3 is 1.52 bits per heavy atom. The van der Waals surface area contributed by atoms with Crippen LogP contribution in [-0.4, -0.2) is 61.6 Å². The Morgan fingerprint density at radius 2 is 1.09 bits per heavy atom. The molecule has 0 fully saturated rings. The Morgan fingerprint density at radius 1 is 0.656 bits per heavy atom. The fourth-order valence-electron chi connectivity index (χ4n) is 7.67. The fourth-order valence-corrected chi connectivity index (χ4v) is 7.67. The number of rotatable bonds is 14. The van der Waals surface area contributed by atoms with Crippen LogP contribution in [-0.2, 0) is 46.1 Å². The van der Waals surface area contributed by atoms with Gasteiger partial charge < -0.3 is 43.9 Å². The summed E-state index contributed by atoms with van der Waals surface area (Å²) in [6.07, 6.45) is 6.45. The molecule has 0 spiro atoms. The molecule has 12 nitrogen and oxygen atoms in total. The summed E-state index contributed by atoms with van der Waals surface area (Å²) in [5, 5.41) is 2.32. The van der Waals surface area contributed by atoms with Gasteiger partial charge in [0.15, 0.2) is 6.04 Å². The summed E-state index contributed by atoms with van der Waals surface area (Å²) >= 11 is 0. The molecule has 0 saturated carbocycles. The number of anilines is 3. The van der Waals surface area contributed by atoms with Crippen LogP contribution in [0.25, 0.3) is 0 Å². The SMILES string of the molecule is CC(C)c1cccc(C(C)C)c1N1C=CN(c2c(C(C)C)cccc2C(C)C)[CH-]1.COC(=O)[C@@H](COC(=O)OCCN1C=CN(c2c(C)cc(C)cc2C)[CH-]1)NC(=O)OC(C)(C)C.[Au]. The van der Waals surface area contributed by atoms with E-state index in [0.29, 0.717) is 30.2 Å². The van der Waals surface area contributed by atoms with Crippen LogP contribution in [0.15, 0.2) is 73.3 Å². The van der Waals surface area contributed by atoms with Gasteiger partial charge in [-0.3, -0.25) is 0 Å². The number of hydrogen-bond acceptors (Lipinski definition) is 11. The normalized spacial score (nSPS) is 13.9. The van der Waals surface area contributed by atoms with Gasteiger partial charge in [0.2, 0.25) is 0 Å². The molecule has 0 aliphatic carbocycles. The van der Waals surface area contributed by atoms with E-state index in [1.165, 1.54) is 50.3 Å². The van der Waals surface area contributed by atoms with Crippen LogP contribution in [0.5, 0.6) is 0 Å². The molecular formula is C51H71AuN5O7-2. The van der Waals surface area contributed by atoms with E-state index < -0.39 is 36.5 Å². The minimum atomic E-state index is -1.23. The Balaban J connectivity index is 0.000000339. The van der Waals surface area contributed by atoms with Crippen LogP contribution in [0, 0.1) is 34.1 Å². The van der Waals surface area contributed by atoms with Crippen LogP contribution < -0.4 is 20.0 Å². The zero-order valence-electron chi connectivity index (χ0n) is 40.5. The van der Waals surface area contributed by atoms with Gasteiger partial charge in [0.25, 0.3) is 0 Å². The largest absolute Gasteiger partial charge is 0.508 e. The van der Waals surface area contributed by atoms with Crippen molar-refractivity contribution < 1.29 is 55.7 Å². The molecule has 0 saturated heterocycles. The molecule has 64 heavy (non-hydrogen) atoms. The van der Waals surface area contributed by atoms with Gasteiger partial charge in [-0.1, -0.05) is 109 Å². The first-order valence-corrected chi connectivity index (χ1v) is 22.0. The molecule has 3 aromatic carbocycles. The van der Waals surface area contributed by atoms with Gasteiger partial charge >= 0.3 is 18.2 Å². The second-order valence-electron chi connectivity index (χ2n) is 18.4. The van der Waals surface area contributed by atoms with E-state index in [0.717, 1.165) is 12.8 Å². The molecule has 1 radical (unpaired) electrons. The van der Waals surface area contributed by atoms with E-state index in [1.807, 2.05) is 28.9 Å². The van der Waals surface area contributed by atoms with Crippen molar-refractivity contribution in [1.82, 2.24) is 10.2 Å². The van der Waals surface area contributed by atoms with E-state index in [4.69, 9.17) is 14.2 Å². The number of aryl methyl sites for hydroxylation is 3. The van der Waals surface area contributed by atoms with Gasteiger partial charge in [0.05, 0.1) is 7.11 Å². The minimum Gasteiger partial charge on any atom is -0.505 e. The minimum absolute atomic E-state index is 0. The summed E-state index contributed by atoms with van der Waals surface area (Å²) in [7, 11) is 1.16. The zero-order chi connectivity index (χ0) is 46.8. The van der Waals surface area contributed by atoms with Crippen LogP contribution in [0.2, 0.25) is 0 Å². The van der Waals surface area contributed by atoms with Crippen LogP contribution in [0.3, 0.4) is 0 Å². The Bertz CT molecular complexity index is 1960. The molecule has 1 atom stereocenters. The van der Waals surface area contributed by atoms with Crippen molar-refractivity contribution in [1.29, 1.82) is 0 Å². The number of carbonyl (C=O) groups is 3. The predicted octanol–water partition coefficient (Wildman–Crippen LogP) is 11.6. The average molecular weight is 1060 g/mol. The Hall–Kier alpha value is -4.91. The van der Waals surface area contributed by atoms with Gasteiger partial charge in [-0.05, 0) is 123 Å². The average Bonchev–Trinajstić information content (AvgIpc) is 3.88. The van der Waals surface area contributed by atoms with Gasteiger partial charge in [-0.2, -0.15) is 6.67 Å². The van der Waals surface area contributed by atoms with E-state index in [9.17, 15) is 14.4 Å². The summed E-state index contributed by atoms with van der Waals surface area (Å²) in [5.41, 5.74) is 12.2. The summed E-state index contributed by atoms with van der Waals surface area (Å²) in [4.78, 5) is 44.3. The smallest absolute Gasteiger partial charge is 0.505 e. The number of para-hydroxylation sites is 2. The standard InChI is InChI=1S/C27H37N2.C24H34N3O7.Au/c1-18(2)22-11-9-12-23(19(3)4)26(22)28-15-16-29(17-28)27-24(20(5)6)13-10-14-25(27)21(7)8;1-16-12-17(2)20(18(3)13-16)27-9-8-26(15-27)10-11-32-23(30)33-14-19(21(28)31-7)25-22(29)34-24(4,5)6;/h9-21H,1-8H3;8-9,12-13,15,19H,10-11,14H2,1-7H3,(H,25,29);/q2*-1;/t;19-;/m.1./s1. The van der Waals surface area contributed by atoms with Crippen LogP contribution in [0.4, 0.5) is 26.7 Å². The first kappa shape index (κ1) is 53.4. The van der Waals surface area contributed by atoms with E-state index in [1.54, 1.807) is 20.8 Å². The number of esters is 1. The second-order valence-corrected chi connectivity index (χ2v) is 18.4. The van der Waals surface area contributed by atoms with Crippen molar-refractivity contribution in [3.63, 3.8) is 0 Å². The fraction of sp³-hybridized carbons (Fsp3) is 0.471. The topological polar surface area (TPSA) is 113 Å². The van der Waals surface area contributed by atoms with Crippen molar-refractivity contribution in [2.45, 2.75) is 132 Å². The summed E-state index contributed by atoms with van der Waals surface area (Å²) in [6.45, 7) is 33.7. The molecule has 5 rings (SSSR count). The number of ether oxygens (including phenoxy) is 4. The third-order valence-corrected chi connectivity index (χ3v) is 10.5. The molecule has 0 aromatic heterocycles. The number of amides is 1. The molecule has 0 bridgehead atoms. The van der Waals surface area contributed by atoms with Crippen molar-refractivity contribution in [3.8, 4) is 0 Å². The van der Waals surface area contributed by atoms with Crippen LogP contribution in [0.1, 0.15) is 139 Å². The first-order chi connectivity index (χ1) is 29.6. The van der Waals surface area contributed by atoms with Crippen molar-refractivity contribution >= 4 is 35.3 Å². The Labute approximate surface area is 398 Å². The van der Waals surface area contributed by atoms with Crippen molar-refractivity contribution in [3.05, 3.63) is 126 Å². The molecule has 1 N–H and O–H groups in total. The molecule has 2 aliphatic heterocycles. The second kappa shape index (κ2) is 23.9. The number of benzene rings is 3. The monoisotopic (exact) mass is 1060 g/mol. The maximum absolute atomic E-state index is 12.0. The van der Waals surface area contributed by atoms with E-state index in [-0.39, 0.29) is 29.0 Å². The number of carbonyl (C=O) groups excluding carboxylic acids is 3. The number of methoxy groups -OCH3 is 1. The summed E-state index contributed by atoms with van der Waals surface area (Å²) < 4.78 is 19.8. The Kier molecular flexibility index (Phi) is 19.9.